The maximum absolute atomic E-state index is 10.2. The van der Waals surface area contributed by atoms with Gasteiger partial charge in [0.1, 0.15) is 0 Å². The van der Waals surface area contributed by atoms with Gasteiger partial charge in [-0.1, -0.05) is 0 Å². The first-order chi connectivity index (χ1) is 4.48. The molecule has 62 valence electrons. The molecule has 0 fully saturated rings. The van der Waals surface area contributed by atoms with Crippen LogP contribution in [0.15, 0.2) is 0 Å². The maximum atomic E-state index is 10.2. The van der Waals surface area contributed by atoms with Gasteiger partial charge in [0.25, 0.3) is 0 Å². The second-order valence-electron chi connectivity index (χ2n) is 2.65. The molecule has 0 radical (unpaired) electrons. The lowest BCUT2D eigenvalue weighted by Crippen LogP contribution is -2.42. The Labute approximate surface area is 68.4 Å². The molecule has 10 heavy (non-hydrogen) atoms. The second kappa shape index (κ2) is 4.33. The van der Waals surface area contributed by atoms with Crippen LogP contribution in [-0.4, -0.2) is 26.3 Å². The zero-order valence-corrected chi connectivity index (χ0v) is 7.97. The molecule has 0 amide bonds. The Kier molecular flexibility index (Phi) is 4.51. The van der Waals surface area contributed by atoms with E-state index in [1.54, 1.807) is 11.8 Å². The number of thioether (sulfide) groups is 1. The molecule has 1 unspecified atom stereocenters. The highest BCUT2D eigenvalue weighted by Crippen LogP contribution is 2.09. The summed E-state index contributed by atoms with van der Waals surface area (Å²) in [6.45, 7) is 3.69. The van der Waals surface area contributed by atoms with Crippen molar-refractivity contribution in [1.82, 2.24) is 4.72 Å². The molecule has 1 atom stereocenters. The molecule has 0 aromatic rings. The van der Waals surface area contributed by atoms with Crippen molar-refractivity contribution in [3.63, 3.8) is 0 Å². The van der Waals surface area contributed by atoms with E-state index < -0.39 is 11.3 Å². The van der Waals surface area contributed by atoms with Gasteiger partial charge in [-0.25, -0.2) is 4.72 Å². The first kappa shape index (κ1) is 10.4. The van der Waals surface area contributed by atoms with E-state index in [4.69, 9.17) is 0 Å². The lowest BCUT2D eigenvalue weighted by molar-refractivity contribution is 0.468. The Hall–Kier alpha value is 0.420. The molecule has 0 aromatic carbocycles. The second-order valence-corrected chi connectivity index (χ2v) is 4.19. The first-order valence-corrected chi connectivity index (χ1v) is 5.31. The molecule has 1 N–H and O–H groups in total. The normalized spacial score (nSPS) is 15.2. The predicted octanol–water partition coefficient (Wildman–Crippen LogP) is 0.512. The van der Waals surface area contributed by atoms with E-state index in [1.165, 1.54) is 0 Å². The number of hydrogen-bond acceptors (Lipinski definition) is 3. The molecule has 0 bridgehead atoms. The molecule has 0 saturated heterocycles. The van der Waals surface area contributed by atoms with Gasteiger partial charge in [-0.15, -0.1) is 0 Å². The summed E-state index contributed by atoms with van der Waals surface area (Å²) in [5, 5.41) is 0. The van der Waals surface area contributed by atoms with Gasteiger partial charge < -0.3 is 4.55 Å². The van der Waals surface area contributed by atoms with Crippen LogP contribution in [0.4, 0.5) is 0 Å². The van der Waals surface area contributed by atoms with E-state index in [-0.39, 0.29) is 5.54 Å². The predicted molar refractivity (Wildman–Crippen MR) is 44.5 cm³/mol. The van der Waals surface area contributed by atoms with Crippen LogP contribution < -0.4 is 4.72 Å². The van der Waals surface area contributed by atoms with Crippen molar-refractivity contribution in [3.8, 4) is 0 Å². The zero-order chi connectivity index (χ0) is 8.20. The van der Waals surface area contributed by atoms with Gasteiger partial charge in [0.15, 0.2) is 0 Å². The largest absolute Gasteiger partial charge is 0.760 e. The van der Waals surface area contributed by atoms with Crippen molar-refractivity contribution in [2.24, 2.45) is 0 Å². The van der Waals surface area contributed by atoms with E-state index in [2.05, 4.69) is 4.72 Å². The minimum Gasteiger partial charge on any atom is -0.760 e. The van der Waals surface area contributed by atoms with Gasteiger partial charge in [0.05, 0.1) is 0 Å². The van der Waals surface area contributed by atoms with E-state index >= 15 is 0 Å². The van der Waals surface area contributed by atoms with Crippen LogP contribution in [0.5, 0.6) is 0 Å². The smallest absolute Gasteiger partial charge is 0.0329 e. The fourth-order valence-corrected chi connectivity index (χ4v) is 2.02. The summed E-state index contributed by atoms with van der Waals surface area (Å²) < 4.78 is 22.8. The molecule has 0 aliphatic heterocycles. The van der Waals surface area contributed by atoms with Crippen LogP contribution in [0.2, 0.25) is 0 Å². The minimum atomic E-state index is -2.15. The van der Waals surface area contributed by atoms with Crippen molar-refractivity contribution < 1.29 is 8.76 Å². The summed E-state index contributed by atoms with van der Waals surface area (Å²) in [5.74, 6) is 0.779. The summed E-state index contributed by atoms with van der Waals surface area (Å²) in [4.78, 5) is 0. The lowest BCUT2D eigenvalue weighted by atomic mass is 10.1. The molecule has 0 heterocycles. The summed E-state index contributed by atoms with van der Waals surface area (Å²) in [7, 11) is 0. The average molecular weight is 182 g/mol. The summed E-state index contributed by atoms with van der Waals surface area (Å²) in [6.07, 6.45) is 1.94. The Morgan fingerprint density at radius 1 is 1.70 bits per heavy atom. The van der Waals surface area contributed by atoms with Crippen molar-refractivity contribution in [1.29, 1.82) is 0 Å². The summed E-state index contributed by atoms with van der Waals surface area (Å²) in [6, 6.07) is 0. The third-order valence-corrected chi connectivity index (χ3v) is 2.59. The average Bonchev–Trinajstić information content (AvgIpc) is 1.59. The zero-order valence-electron chi connectivity index (χ0n) is 6.34. The van der Waals surface area contributed by atoms with E-state index in [9.17, 15) is 8.76 Å². The van der Waals surface area contributed by atoms with E-state index in [0.717, 1.165) is 5.75 Å². The van der Waals surface area contributed by atoms with Crippen LogP contribution in [0, 0.1) is 0 Å². The third kappa shape index (κ3) is 5.22. The highest BCUT2D eigenvalue weighted by atomic mass is 32.2. The van der Waals surface area contributed by atoms with Crippen molar-refractivity contribution in [2.75, 3.05) is 12.0 Å². The fraction of sp³-hybridized carbons (Fsp3) is 1.00. The topological polar surface area (TPSA) is 52.2 Å². The fourth-order valence-electron chi connectivity index (χ4n) is 0.616. The number of hydrogen-bond donors (Lipinski definition) is 1. The number of nitrogens with one attached hydrogen (secondary N) is 1. The molecular weight excluding hydrogens is 170 g/mol. The maximum Gasteiger partial charge on any atom is 0.0329 e. The van der Waals surface area contributed by atoms with Crippen LogP contribution in [0.25, 0.3) is 0 Å². The van der Waals surface area contributed by atoms with Crippen molar-refractivity contribution in [3.05, 3.63) is 0 Å². The standard InChI is InChI=1S/C5H13NO2S2/c1-5(2,4-9-3)6-10(7)8/h6H,4H2,1-3H3,(H,7,8)/p-1. The molecule has 0 aliphatic rings. The molecule has 0 aliphatic carbocycles. The summed E-state index contributed by atoms with van der Waals surface area (Å²) >= 11 is -0.535. The van der Waals surface area contributed by atoms with Gasteiger partial charge >= 0.3 is 0 Å². The van der Waals surface area contributed by atoms with Crippen molar-refractivity contribution >= 4 is 23.0 Å². The molecule has 0 saturated carbocycles. The summed E-state index contributed by atoms with van der Waals surface area (Å²) in [5.41, 5.74) is -0.327. The molecule has 0 spiro atoms. The van der Waals surface area contributed by atoms with E-state index in [1.807, 2.05) is 20.1 Å². The SMILES string of the molecule is CSCC(C)(C)NS(=O)[O-]. The monoisotopic (exact) mass is 182 g/mol. The van der Waals surface area contributed by atoms with Gasteiger partial charge in [-0.2, -0.15) is 11.8 Å². The van der Waals surface area contributed by atoms with Gasteiger partial charge in [0, 0.05) is 22.6 Å². The first-order valence-electron chi connectivity index (χ1n) is 2.84. The molecule has 0 aromatic heterocycles. The molecule has 3 nitrogen and oxygen atoms in total. The Balaban J connectivity index is 3.74. The highest BCUT2D eigenvalue weighted by molar-refractivity contribution is 7.98. The van der Waals surface area contributed by atoms with Crippen LogP contribution in [-0.2, 0) is 11.3 Å². The molecule has 0 rings (SSSR count). The van der Waals surface area contributed by atoms with E-state index in [0.29, 0.717) is 0 Å². The Morgan fingerprint density at radius 3 is 2.50 bits per heavy atom. The van der Waals surface area contributed by atoms with Gasteiger partial charge in [-0.3, -0.25) is 4.21 Å². The third-order valence-electron chi connectivity index (χ3n) is 0.865. The number of rotatable bonds is 4. The minimum absolute atomic E-state index is 0.327. The van der Waals surface area contributed by atoms with Crippen molar-refractivity contribution in [2.45, 2.75) is 19.4 Å². The highest BCUT2D eigenvalue weighted by Gasteiger charge is 2.15. The van der Waals surface area contributed by atoms with Crippen LogP contribution in [0.1, 0.15) is 13.8 Å². The van der Waals surface area contributed by atoms with Gasteiger partial charge in [0.2, 0.25) is 0 Å². The quantitative estimate of drug-likeness (QED) is 0.645. The van der Waals surface area contributed by atoms with Gasteiger partial charge in [-0.05, 0) is 20.1 Å². The van der Waals surface area contributed by atoms with Crippen LogP contribution >= 0.6 is 11.8 Å². The Morgan fingerprint density at radius 2 is 2.20 bits per heavy atom. The van der Waals surface area contributed by atoms with Crippen LogP contribution in [0.3, 0.4) is 0 Å². The lowest BCUT2D eigenvalue weighted by Gasteiger charge is -2.26. The Bertz CT molecular complexity index is 127. The molecular formula is C5H12NO2S2-. The molecule has 5 heteroatoms.